The molecule has 0 saturated carbocycles. The van der Waals surface area contributed by atoms with Crippen LogP contribution >= 0.6 is 0 Å². The molecule has 2 rings (SSSR count). The first-order valence-corrected chi connectivity index (χ1v) is 4.90. The van der Waals surface area contributed by atoms with Crippen molar-refractivity contribution in [1.82, 2.24) is 5.32 Å². The maximum atomic E-state index is 5.57. The van der Waals surface area contributed by atoms with E-state index in [4.69, 9.17) is 4.74 Å². The van der Waals surface area contributed by atoms with Crippen molar-refractivity contribution in [2.24, 2.45) is 0 Å². The Hall–Kier alpha value is -1.12. The molecule has 1 N–H and O–H groups in total. The van der Waals surface area contributed by atoms with E-state index in [0.29, 0.717) is 18.7 Å². The number of ether oxygens (including phenoxy) is 1. The highest BCUT2D eigenvalue weighted by atomic mass is 16.5. The van der Waals surface area contributed by atoms with Crippen LogP contribution in [-0.2, 0) is 11.3 Å². The summed E-state index contributed by atoms with van der Waals surface area (Å²) in [6.07, 6.45) is 1.93. The van der Waals surface area contributed by atoms with Gasteiger partial charge in [0.05, 0.1) is 13.2 Å². The van der Waals surface area contributed by atoms with Gasteiger partial charge in [-0.25, -0.2) is 0 Å². The van der Waals surface area contributed by atoms with Crippen LogP contribution in [0.15, 0.2) is 43.0 Å². The molecular weight excluding hydrogens is 174 g/mol. The zero-order valence-corrected chi connectivity index (χ0v) is 8.15. The Kier molecular flexibility index (Phi) is 2.96. The van der Waals surface area contributed by atoms with Gasteiger partial charge in [0.1, 0.15) is 0 Å². The smallest absolute Gasteiger partial charge is 0.0717 e. The average molecular weight is 189 g/mol. The molecule has 2 nitrogen and oxygen atoms in total. The van der Waals surface area contributed by atoms with E-state index in [0.717, 1.165) is 6.61 Å². The molecule has 1 saturated heterocycles. The van der Waals surface area contributed by atoms with Gasteiger partial charge >= 0.3 is 0 Å². The van der Waals surface area contributed by atoms with Crippen molar-refractivity contribution < 1.29 is 4.74 Å². The molecule has 0 unspecified atom stereocenters. The van der Waals surface area contributed by atoms with E-state index in [2.05, 4.69) is 24.0 Å². The van der Waals surface area contributed by atoms with Gasteiger partial charge in [-0.3, -0.25) is 0 Å². The van der Waals surface area contributed by atoms with E-state index in [-0.39, 0.29) is 0 Å². The van der Waals surface area contributed by atoms with Crippen molar-refractivity contribution in [2.45, 2.75) is 18.7 Å². The highest BCUT2D eigenvalue weighted by molar-refractivity contribution is 5.13. The Morgan fingerprint density at radius 2 is 2.14 bits per heavy atom. The summed E-state index contributed by atoms with van der Waals surface area (Å²) < 4.78 is 5.57. The van der Waals surface area contributed by atoms with Crippen LogP contribution < -0.4 is 5.32 Å². The average Bonchev–Trinajstić information content (AvgIpc) is 2.98. The number of hydrogen-bond acceptors (Lipinski definition) is 2. The van der Waals surface area contributed by atoms with Crippen molar-refractivity contribution in [2.75, 3.05) is 6.61 Å². The molecule has 1 aliphatic heterocycles. The molecular formula is C12H15NO. The number of rotatable bonds is 5. The lowest BCUT2D eigenvalue weighted by Gasteiger charge is -2.01. The molecule has 1 aromatic carbocycles. The van der Waals surface area contributed by atoms with Crippen LogP contribution in [0.3, 0.4) is 0 Å². The second kappa shape index (κ2) is 4.40. The molecule has 0 aliphatic carbocycles. The minimum Gasteiger partial charge on any atom is -0.375 e. The van der Waals surface area contributed by atoms with Crippen molar-refractivity contribution in [1.29, 1.82) is 0 Å². The summed E-state index contributed by atoms with van der Waals surface area (Å²) in [7, 11) is 0. The summed E-state index contributed by atoms with van der Waals surface area (Å²) in [6.45, 7) is 5.19. The minimum atomic E-state index is 0.464. The monoisotopic (exact) mass is 189 g/mol. The predicted octanol–water partition coefficient (Wildman–Crippen LogP) is 1.73. The summed E-state index contributed by atoms with van der Waals surface area (Å²) in [6, 6.07) is 11.2. The van der Waals surface area contributed by atoms with E-state index in [1.54, 1.807) is 0 Å². The molecule has 1 aromatic rings. The topological polar surface area (TPSA) is 31.2 Å². The standard InChI is InChI=1S/C12H15NO/c1-2-11-12(13-11)9-14-8-10-6-4-3-5-7-10/h2-7,11-13H,1,8-9H2/t11-,12-/m1/s1. The molecule has 0 amide bonds. The molecule has 1 heterocycles. The largest absolute Gasteiger partial charge is 0.375 e. The van der Waals surface area contributed by atoms with Gasteiger partial charge in [0.2, 0.25) is 0 Å². The first kappa shape index (κ1) is 9.44. The summed E-state index contributed by atoms with van der Waals surface area (Å²) in [5.41, 5.74) is 1.23. The van der Waals surface area contributed by atoms with E-state index in [1.165, 1.54) is 5.56 Å². The first-order chi connectivity index (χ1) is 6.90. The van der Waals surface area contributed by atoms with Crippen LogP contribution in [0.5, 0.6) is 0 Å². The maximum absolute atomic E-state index is 5.57. The fraction of sp³-hybridized carbons (Fsp3) is 0.333. The Morgan fingerprint density at radius 3 is 2.79 bits per heavy atom. The van der Waals surface area contributed by atoms with Gasteiger partial charge in [-0.2, -0.15) is 0 Å². The molecule has 74 valence electrons. The summed E-state index contributed by atoms with van der Waals surface area (Å²) in [5.74, 6) is 0. The highest BCUT2D eigenvalue weighted by Crippen LogP contribution is 2.12. The first-order valence-electron chi connectivity index (χ1n) is 4.90. The number of benzene rings is 1. The summed E-state index contributed by atoms with van der Waals surface area (Å²) >= 11 is 0. The van der Waals surface area contributed by atoms with E-state index < -0.39 is 0 Å². The number of nitrogens with one attached hydrogen (secondary N) is 1. The quantitative estimate of drug-likeness (QED) is 0.565. The molecule has 2 atom stereocenters. The van der Waals surface area contributed by atoms with Crippen molar-refractivity contribution in [3.63, 3.8) is 0 Å². The molecule has 0 aromatic heterocycles. The molecule has 2 heteroatoms. The maximum Gasteiger partial charge on any atom is 0.0717 e. The Morgan fingerprint density at radius 1 is 1.36 bits per heavy atom. The van der Waals surface area contributed by atoms with E-state index >= 15 is 0 Å². The van der Waals surface area contributed by atoms with E-state index in [9.17, 15) is 0 Å². The van der Waals surface area contributed by atoms with Crippen LogP contribution in [0, 0.1) is 0 Å². The Labute approximate surface area is 84.6 Å². The van der Waals surface area contributed by atoms with Crippen LogP contribution in [0.4, 0.5) is 0 Å². The van der Waals surface area contributed by atoms with Gasteiger partial charge in [0.25, 0.3) is 0 Å². The lowest BCUT2D eigenvalue weighted by molar-refractivity contribution is 0.122. The summed E-state index contributed by atoms with van der Waals surface area (Å²) in [4.78, 5) is 0. The van der Waals surface area contributed by atoms with Gasteiger partial charge in [-0.1, -0.05) is 36.4 Å². The van der Waals surface area contributed by atoms with Gasteiger partial charge in [0, 0.05) is 12.1 Å². The third kappa shape index (κ3) is 2.44. The van der Waals surface area contributed by atoms with Gasteiger partial charge in [0.15, 0.2) is 0 Å². The lowest BCUT2D eigenvalue weighted by atomic mass is 10.2. The second-order valence-electron chi connectivity index (χ2n) is 3.54. The van der Waals surface area contributed by atoms with Crippen LogP contribution in [-0.4, -0.2) is 18.7 Å². The van der Waals surface area contributed by atoms with Gasteiger partial charge in [-0.05, 0) is 5.56 Å². The van der Waals surface area contributed by atoms with Crippen molar-refractivity contribution in [3.8, 4) is 0 Å². The third-order valence-electron chi connectivity index (χ3n) is 2.39. The number of hydrogen-bond donors (Lipinski definition) is 1. The third-order valence-corrected chi connectivity index (χ3v) is 2.39. The molecule has 1 fully saturated rings. The highest BCUT2D eigenvalue weighted by Gasteiger charge is 2.32. The van der Waals surface area contributed by atoms with Crippen LogP contribution in [0.1, 0.15) is 5.56 Å². The second-order valence-corrected chi connectivity index (χ2v) is 3.54. The molecule has 0 spiro atoms. The van der Waals surface area contributed by atoms with Gasteiger partial charge in [-0.15, -0.1) is 6.58 Å². The van der Waals surface area contributed by atoms with Crippen LogP contribution in [0.25, 0.3) is 0 Å². The Bertz CT molecular complexity index is 296. The fourth-order valence-corrected chi connectivity index (χ4v) is 1.45. The summed E-state index contributed by atoms with van der Waals surface area (Å²) in [5, 5.41) is 3.26. The van der Waals surface area contributed by atoms with Crippen molar-refractivity contribution in [3.05, 3.63) is 48.6 Å². The minimum absolute atomic E-state index is 0.464. The van der Waals surface area contributed by atoms with Crippen LogP contribution in [0.2, 0.25) is 0 Å². The fourth-order valence-electron chi connectivity index (χ4n) is 1.45. The predicted molar refractivity (Wildman–Crippen MR) is 57.0 cm³/mol. The Balaban J connectivity index is 1.67. The zero-order valence-electron chi connectivity index (χ0n) is 8.15. The van der Waals surface area contributed by atoms with E-state index in [1.807, 2.05) is 24.3 Å². The molecule has 0 bridgehead atoms. The molecule has 14 heavy (non-hydrogen) atoms. The SMILES string of the molecule is C=C[C@H]1N[C@@H]1COCc1ccccc1. The lowest BCUT2D eigenvalue weighted by Crippen LogP contribution is -2.05. The van der Waals surface area contributed by atoms with Gasteiger partial charge < -0.3 is 10.1 Å². The molecule has 0 radical (unpaired) electrons. The zero-order chi connectivity index (χ0) is 9.80. The normalized spacial score (nSPS) is 24.6. The molecule has 1 aliphatic rings. The van der Waals surface area contributed by atoms with Crippen molar-refractivity contribution >= 4 is 0 Å².